The van der Waals surface area contributed by atoms with Crippen molar-refractivity contribution in [3.05, 3.63) is 63.7 Å². The average molecular weight is 413 g/mol. The van der Waals surface area contributed by atoms with Crippen LogP contribution in [0, 0.1) is 25.2 Å². The lowest BCUT2D eigenvalue weighted by atomic mass is 10.1. The van der Waals surface area contributed by atoms with E-state index in [9.17, 15) is 14.9 Å². The summed E-state index contributed by atoms with van der Waals surface area (Å²) in [6.07, 6.45) is 1.43. The Labute approximate surface area is 174 Å². The van der Waals surface area contributed by atoms with Crippen molar-refractivity contribution in [1.82, 2.24) is 0 Å². The van der Waals surface area contributed by atoms with Gasteiger partial charge in [-0.3, -0.25) is 4.79 Å². The van der Waals surface area contributed by atoms with Crippen molar-refractivity contribution in [1.29, 1.82) is 5.26 Å². The van der Waals surface area contributed by atoms with E-state index >= 15 is 0 Å². The minimum absolute atomic E-state index is 0.0674. The van der Waals surface area contributed by atoms with E-state index in [1.807, 2.05) is 32.0 Å². The van der Waals surface area contributed by atoms with Crippen molar-refractivity contribution in [3.8, 4) is 11.8 Å². The molecule has 1 amide bonds. The normalized spacial score (nSPS) is 10.8. The molecule has 1 N–H and O–H groups in total. The fourth-order valence-electron chi connectivity index (χ4n) is 2.45. The van der Waals surface area contributed by atoms with Crippen LogP contribution < -0.4 is 10.1 Å². The Bertz CT molecular complexity index is 993. The van der Waals surface area contributed by atoms with E-state index in [1.54, 1.807) is 31.2 Å². The summed E-state index contributed by atoms with van der Waals surface area (Å²) in [5.74, 6) is -0.711. The van der Waals surface area contributed by atoms with Crippen molar-refractivity contribution < 1.29 is 19.1 Å². The van der Waals surface area contributed by atoms with Gasteiger partial charge in [0, 0.05) is 5.69 Å². The van der Waals surface area contributed by atoms with Crippen molar-refractivity contribution in [3.63, 3.8) is 0 Å². The van der Waals surface area contributed by atoms with Crippen LogP contribution in [0.1, 0.15) is 23.6 Å². The van der Waals surface area contributed by atoms with Crippen LogP contribution in [0.15, 0.2) is 42.0 Å². The molecule has 0 saturated heterocycles. The van der Waals surface area contributed by atoms with E-state index in [0.29, 0.717) is 17.0 Å². The third kappa shape index (κ3) is 6.09. The molecule has 0 aromatic heterocycles. The summed E-state index contributed by atoms with van der Waals surface area (Å²) in [7, 11) is 0. The maximum atomic E-state index is 12.5. The number of carbonyl (C=O) groups excluding carboxylic acids is 2. The number of amides is 1. The van der Waals surface area contributed by atoms with Crippen LogP contribution in [0.3, 0.4) is 0 Å². The molecule has 2 aromatic carbocycles. The summed E-state index contributed by atoms with van der Waals surface area (Å²) in [6.45, 7) is 5.55. The van der Waals surface area contributed by atoms with E-state index in [1.165, 1.54) is 6.08 Å². The highest BCUT2D eigenvalue weighted by molar-refractivity contribution is 6.32. The van der Waals surface area contributed by atoms with Gasteiger partial charge in [-0.15, -0.1) is 0 Å². The molecule has 0 aliphatic heterocycles. The molecule has 2 rings (SSSR count). The Morgan fingerprint density at radius 2 is 2.00 bits per heavy atom. The van der Waals surface area contributed by atoms with Gasteiger partial charge in [0.1, 0.15) is 17.4 Å². The molecule has 0 spiro atoms. The number of aryl methyl sites for hydroxylation is 1. The minimum Gasteiger partial charge on any atom is -0.480 e. The number of ether oxygens (including phenoxy) is 2. The highest BCUT2D eigenvalue weighted by atomic mass is 35.5. The Morgan fingerprint density at radius 3 is 2.66 bits per heavy atom. The van der Waals surface area contributed by atoms with Gasteiger partial charge in [-0.1, -0.05) is 29.8 Å². The molecular weight excluding hydrogens is 392 g/mol. The summed E-state index contributed by atoms with van der Waals surface area (Å²) in [4.78, 5) is 23.9. The molecule has 0 atom stereocenters. The van der Waals surface area contributed by atoms with Gasteiger partial charge in [0.15, 0.2) is 6.61 Å². The number of benzene rings is 2. The molecule has 0 saturated carbocycles. The smallest absolute Gasteiger partial charge is 0.344 e. The van der Waals surface area contributed by atoms with E-state index in [4.69, 9.17) is 21.1 Å². The van der Waals surface area contributed by atoms with E-state index in [-0.39, 0.29) is 23.8 Å². The number of anilines is 1. The molecule has 0 heterocycles. The van der Waals surface area contributed by atoms with E-state index in [0.717, 1.165) is 11.1 Å². The third-order valence-corrected chi connectivity index (χ3v) is 4.43. The van der Waals surface area contributed by atoms with E-state index in [2.05, 4.69) is 5.32 Å². The highest BCUT2D eigenvalue weighted by Crippen LogP contribution is 2.27. The fourth-order valence-corrected chi connectivity index (χ4v) is 2.70. The van der Waals surface area contributed by atoms with Crippen LogP contribution in [-0.2, 0) is 14.3 Å². The number of hydrogen-bond donors (Lipinski definition) is 1. The molecule has 6 nitrogen and oxygen atoms in total. The van der Waals surface area contributed by atoms with Gasteiger partial charge in [-0.05, 0) is 61.7 Å². The van der Waals surface area contributed by atoms with Gasteiger partial charge in [0.25, 0.3) is 5.91 Å². The highest BCUT2D eigenvalue weighted by Gasteiger charge is 2.12. The van der Waals surface area contributed by atoms with Crippen molar-refractivity contribution in [2.75, 3.05) is 18.5 Å². The molecule has 2 aromatic rings. The standard InChI is InChI=1S/C22H21ClN2O4/c1-4-28-21(26)13-29-20-9-8-16(11-18(20)23)10-17(12-24)22(27)25-19-7-5-6-14(2)15(19)3/h5-11H,4,13H2,1-3H3,(H,25,27)/b17-10+. The molecule has 0 radical (unpaired) electrons. The number of nitriles is 1. The number of nitrogens with zero attached hydrogens (tertiary/aromatic N) is 1. The minimum atomic E-state index is -0.514. The summed E-state index contributed by atoms with van der Waals surface area (Å²) >= 11 is 6.17. The lowest BCUT2D eigenvalue weighted by Crippen LogP contribution is -2.15. The van der Waals surface area contributed by atoms with Gasteiger partial charge in [0.05, 0.1) is 11.6 Å². The van der Waals surface area contributed by atoms with Gasteiger partial charge in [-0.2, -0.15) is 5.26 Å². The number of halogens is 1. The Hall–Kier alpha value is -3.30. The first-order valence-corrected chi connectivity index (χ1v) is 9.30. The second-order valence-corrected chi connectivity index (χ2v) is 6.56. The fraction of sp³-hybridized carbons (Fsp3) is 0.227. The zero-order valence-corrected chi connectivity index (χ0v) is 17.2. The first-order valence-electron chi connectivity index (χ1n) is 8.93. The molecule has 0 aliphatic rings. The lowest BCUT2D eigenvalue weighted by molar-refractivity contribution is -0.145. The molecular formula is C22H21ClN2O4. The maximum absolute atomic E-state index is 12.5. The summed E-state index contributed by atoms with van der Waals surface area (Å²) in [5, 5.41) is 12.4. The van der Waals surface area contributed by atoms with E-state index < -0.39 is 11.9 Å². The maximum Gasteiger partial charge on any atom is 0.344 e. The van der Waals surface area contributed by atoms with Crippen LogP contribution in [0.2, 0.25) is 5.02 Å². The van der Waals surface area contributed by atoms with Gasteiger partial charge < -0.3 is 14.8 Å². The number of hydrogen-bond acceptors (Lipinski definition) is 5. The first-order chi connectivity index (χ1) is 13.8. The molecule has 150 valence electrons. The molecule has 0 unspecified atom stereocenters. The monoisotopic (exact) mass is 412 g/mol. The Morgan fingerprint density at radius 1 is 1.24 bits per heavy atom. The molecule has 0 fully saturated rings. The van der Waals surface area contributed by atoms with Crippen LogP contribution in [0.4, 0.5) is 5.69 Å². The lowest BCUT2D eigenvalue weighted by Gasteiger charge is -2.10. The quantitative estimate of drug-likeness (QED) is 0.412. The zero-order chi connectivity index (χ0) is 21.4. The molecule has 7 heteroatoms. The largest absolute Gasteiger partial charge is 0.480 e. The van der Waals surface area contributed by atoms with Crippen LogP contribution >= 0.6 is 11.6 Å². The summed E-state index contributed by atoms with van der Waals surface area (Å²) in [6, 6.07) is 12.2. The van der Waals surface area contributed by atoms with Gasteiger partial charge in [-0.25, -0.2) is 4.79 Å². The van der Waals surface area contributed by atoms with Crippen LogP contribution in [0.5, 0.6) is 5.75 Å². The number of carbonyl (C=O) groups is 2. The number of nitrogens with one attached hydrogen (secondary N) is 1. The predicted octanol–water partition coefficient (Wildman–Crippen LogP) is 4.44. The Kier molecular flexibility index (Phi) is 7.81. The SMILES string of the molecule is CCOC(=O)COc1ccc(/C=C(\C#N)C(=O)Nc2cccc(C)c2C)cc1Cl. The van der Waals surface area contributed by atoms with Crippen molar-refractivity contribution in [2.24, 2.45) is 0 Å². The van der Waals surface area contributed by atoms with Gasteiger partial charge in [0.2, 0.25) is 0 Å². The Balaban J connectivity index is 2.15. The van der Waals surface area contributed by atoms with Crippen molar-refractivity contribution in [2.45, 2.75) is 20.8 Å². The molecule has 0 bridgehead atoms. The summed E-state index contributed by atoms with van der Waals surface area (Å²) < 4.78 is 10.1. The number of rotatable bonds is 7. The van der Waals surface area contributed by atoms with Crippen LogP contribution in [-0.4, -0.2) is 25.1 Å². The van der Waals surface area contributed by atoms with Crippen LogP contribution in [0.25, 0.3) is 6.08 Å². The first kappa shape index (κ1) is 22.0. The second-order valence-electron chi connectivity index (χ2n) is 6.15. The molecule has 0 aliphatic carbocycles. The molecule has 29 heavy (non-hydrogen) atoms. The van der Waals surface area contributed by atoms with Gasteiger partial charge >= 0.3 is 5.97 Å². The second kappa shape index (κ2) is 10.3. The van der Waals surface area contributed by atoms with Crippen molar-refractivity contribution >= 4 is 35.2 Å². The predicted molar refractivity (Wildman–Crippen MR) is 112 cm³/mol. The topological polar surface area (TPSA) is 88.4 Å². The zero-order valence-electron chi connectivity index (χ0n) is 16.4. The summed E-state index contributed by atoms with van der Waals surface area (Å²) in [5.41, 5.74) is 3.10. The third-order valence-electron chi connectivity index (χ3n) is 4.14. The number of esters is 1. The average Bonchev–Trinajstić information content (AvgIpc) is 2.69.